The smallest absolute Gasteiger partial charge is 0.271 e. The number of nitro benzene ring substituents is 1. The van der Waals surface area contributed by atoms with Crippen LogP contribution in [0.1, 0.15) is 57.8 Å². The Kier molecular flexibility index (Phi) is 6.93. The van der Waals surface area contributed by atoms with E-state index >= 15 is 0 Å². The topological polar surface area (TPSA) is 106 Å². The molecule has 26 heavy (non-hydrogen) atoms. The van der Waals surface area contributed by atoms with E-state index in [1.807, 2.05) is 20.8 Å². The summed E-state index contributed by atoms with van der Waals surface area (Å²) >= 11 is 0. The van der Waals surface area contributed by atoms with Crippen molar-refractivity contribution < 1.29 is 18.1 Å². The number of hydrogen-bond donors (Lipinski definition) is 1. The Morgan fingerprint density at radius 3 is 2.19 bits per heavy atom. The Morgan fingerprint density at radius 2 is 1.77 bits per heavy atom. The van der Waals surface area contributed by atoms with Crippen molar-refractivity contribution in [2.75, 3.05) is 6.26 Å². The van der Waals surface area contributed by atoms with Gasteiger partial charge in [-0.3, -0.25) is 14.9 Å². The SMILES string of the molecule is CC(C)CCC(NC(=O)c1cc([N+](=O)[O-])cc(S(C)(=O)=O)c1)C(C)(C)C. The van der Waals surface area contributed by atoms with Crippen molar-refractivity contribution in [1.82, 2.24) is 5.32 Å². The fraction of sp³-hybridized carbons (Fsp3) is 0.611. The molecule has 7 nitrogen and oxygen atoms in total. The van der Waals surface area contributed by atoms with Gasteiger partial charge in [0, 0.05) is 30.0 Å². The fourth-order valence-corrected chi connectivity index (χ4v) is 3.17. The third kappa shape index (κ3) is 6.40. The van der Waals surface area contributed by atoms with Gasteiger partial charge in [0.15, 0.2) is 9.84 Å². The van der Waals surface area contributed by atoms with Crippen molar-refractivity contribution in [3.63, 3.8) is 0 Å². The summed E-state index contributed by atoms with van der Waals surface area (Å²) in [6, 6.07) is 3.11. The van der Waals surface area contributed by atoms with E-state index in [0.29, 0.717) is 5.92 Å². The number of carbonyl (C=O) groups excluding carboxylic acids is 1. The lowest BCUT2D eigenvalue weighted by Gasteiger charge is -2.32. The van der Waals surface area contributed by atoms with Gasteiger partial charge in [-0.25, -0.2) is 8.42 Å². The van der Waals surface area contributed by atoms with Crippen LogP contribution in [0.3, 0.4) is 0 Å². The Labute approximate surface area is 155 Å². The quantitative estimate of drug-likeness (QED) is 0.571. The maximum Gasteiger partial charge on any atom is 0.271 e. The Balaban J connectivity index is 3.21. The molecule has 1 aromatic carbocycles. The zero-order valence-corrected chi connectivity index (χ0v) is 17.0. The van der Waals surface area contributed by atoms with Gasteiger partial charge in [-0.05, 0) is 30.2 Å². The average Bonchev–Trinajstić information content (AvgIpc) is 2.48. The van der Waals surface area contributed by atoms with E-state index < -0.39 is 26.4 Å². The number of rotatable bonds is 7. The Hall–Kier alpha value is -1.96. The molecule has 0 spiro atoms. The zero-order valence-electron chi connectivity index (χ0n) is 16.2. The van der Waals surface area contributed by atoms with Crippen LogP contribution in [0, 0.1) is 21.4 Å². The minimum atomic E-state index is -3.68. The number of nitro groups is 1. The minimum absolute atomic E-state index is 0.0292. The molecule has 8 heteroatoms. The first kappa shape index (κ1) is 22.1. The van der Waals surface area contributed by atoms with Crippen molar-refractivity contribution in [2.45, 2.75) is 58.4 Å². The second-order valence-corrected chi connectivity index (χ2v) is 10.1. The number of non-ortho nitro benzene ring substituents is 1. The van der Waals surface area contributed by atoms with E-state index in [-0.39, 0.29) is 21.9 Å². The molecule has 1 rings (SSSR count). The number of carbonyl (C=O) groups is 1. The van der Waals surface area contributed by atoms with E-state index in [4.69, 9.17) is 0 Å². The largest absolute Gasteiger partial charge is 0.349 e. The lowest BCUT2D eigenvalue weighted by atomic mass is 9.82. The predicted molar refractivity (Wildman–Crippen MR) is 101 cm³/mol. The van der Waals surface area contributed by atoms with Gasteiger partial charge in [0.25, 0.3) is 11.6 Å². The van der Waals surface area contributed by atoms with Gasteiger partial charge in [-0.15, -0.1) is 0 Å². The second-order valence-electron chi connectivity index (χ2n) is 8.11. The van der Waals surface area contributed by atoms with Gasteiger partial charge in [0.2, 0.25) is 0 Å². The first-order valence-electron chi connectivity index (χ1n) is 8.52. The molecule has 146 valence electrons. The van der Waals surface area contributed by atoms with Gasteiger partial charge < -0.3 is 5.32 Å². The summed E-state index contributed by atoms with van der Waals surface area (Å²) in [5.74, 6) is -0.0336. The second kappa shape index (κ2) is 8.16. The summed E-state index contributed by atoms with van der Waals surface area (Å²) in [5, 5.41) is 14.0. The number of sulfone groups is 1. The van der Waals surface area contributed by atoms with Crippen LogP contribution in [0.4, 0.5) is 5.69 Å². The zero-order chi connectivity index (χ0) is 20.3. The summed E-state index contributed by atoms with van der Waals surface area (Å²) in [7, 11) is -3.68. The summed E-state index contributed by atoms with van der Waals surface area (Å²) in [6.07, 6.45) is 2.64. The van der Waals surface area contributed by atoms with Crippen molar-refractivity contribution in [3.05, 3.63) is 33.9 Å². The van der Waals surface area contributed by atoms with E-state index in [2.05, 4.69) is 19.2 Å². The molecule has 1 aromatic rings. The highest BCUT2D eigenvalue weighted by molar-refractivity contribution is 7.90. The van der Waals surface area contributed by atoms with Gasteiger partial charge in [-0.1, -0.05) is 34.6 Å². The molecule has 0 fully saturated rings. The molecule has 0 saturated carbocycles. The highest BCUT2D eigenvalue weighted by Crippen LogP contribution is 2.26. The number of nitrogens with zero attached hydrogens (tertiary/aromatic N) is 1. The molecule has 0 bridgehead atoms. The molecule has 0 aliphatic carbocycles. The fourth-order valence-electron chi connectivity index (χ4n) is 2.50. The molecule has 1 atom stereocenters. The molecule has 1 N–H and O–H groups in total. The highest BCUT2D eigenvalue weighted by atomic mass is 32.2. The molecule has 1 unspecified atom stereocenters. The third-order valence-electron chi connectivity index (χ3n) is 4.18. The summed E-state index contributed by atoms with van der Waals surface area (Å²) in [5.41, 5.74) is -0.656. The van der Waals surface area contributed by atoms with E-state index in [9.17, 15) is 23.3 Å². The molecular weight excluding hydrogens is 356 g/mol. The summed E-state index contributed by atoms with van der Waals surface area (Å²) < 4.78 is 23.6. The molecule has 0 saturated heterocycles. The first-order valence-corrected chi connectivity index (χ1v) is 10.4. The van der Waals surface area contributed by atoms with E-state index in [1.54, 1.807) is 0 Å². The molecule has 1 amide bonds. The molecule has 0 heterocycles. The number of hydrogen-bond acceptors (Lipinski definition) is 5. The lowest BCUT2D eigenvalue weighted by molar-refractivity contribution is -0.385. The van der Waals surface area contributed by atoms with Gasteiger partial charge in [-0.2, -0.15) is 0 Å². The molecule has 0 radical (unpaired) electrons. The summed E-state index contributed by atoms with van der Waals surface area (Å²) in [6.45, 7) is 10.2. The molecule has 0 aliphatic rings. The summed E-state index contributed by atoms with van der Waals surface area (Å²) in [4.78, 5) is 22.8. The molecule has 0 aliphatic heterocycles. The van der Waals surface area contributed by atoms with E-state index in [0.717, 1.165) is 31.2 Å². The normalized spacial score (nSPS) is 13.5. The van der Waals surface area contributed by atoms with Gasteiger partial charge in [0.05, 0.1) is 9.82 Å². The third-order valence-corrected chi connectivity index (χ3v) is 5.27. The lowest BCUT2D eigenvalue weighted by Crippen LogP contribution is -2.43. The maximum atomic E-state index is 12.7. The number of amides is 1. The van der Waals surface area contributed by atoms with Crippen LogP contribution in [0.15, 0.2) is 23.1 Å². The van der Waals surface area contributed by atoms with Crippen LogP contribution in [-0.4, -0.2) is 31.5 Å². The van der Waals surface area contributed by atoms with Crippen LogP contribution in [-0.2, 0) is 9.84 Å². The standard InChI is InChI=1S/C18H28N2O5S/c1-12(2)7-8-16(18(3,4)5)19-17(21)13-9-14(20(22)23)11-15(10-13)26(6,24)25/h9-12,16H,7-8H2,1-6H3,(H,19,21). The Bertz CT molecular complexity index is 779. The highest BCUT2D eigenvalue weighted by Gasteiger charge is 2.27. The van der Waals surface area contributed by atoms with Crippen LogP contribution < -0.4 is 5.32 Å². The number of nitrogens with one attached hydrogen (secondary N) is 1. The van der Waals surface area contributed by atoms with Crippen molar-refractivity contribution in [1.29, 1.82) is 0 Å². The first-order chi connectivity index (χ1) is 11.7. The van der Waals surface area contributed by atoms with Crippen molar-refractivity contribution >= 4 is 21.4 Å². The van der Waals surface area contributed by atoms with Crippen LogP contribution in [0.25, 0.3) is 0 Å². The van der Waals surface area contributed by atoms with Crippen LogP contribution in [0.2, 0.25) is 0 Å². The maximum absolute atomic E-state index is 12.7. The average molecular weight is 384 g/mol. The van der Waals surface area contributed by atoms with Gasteiger partial charge in [0.1, 0.15) is 0 Å². The monoisotopic (exact) mass is 384 g/mol. The van der Waals surface area contributed by atoms with Crippen molar-refractivity contribution in [3.8, 4) is 0 Å². The van der Waals surface area contributed by atoms with Crippen LogP contribution in [0.5, 0.6) is 0 Å². The van der Waals surface area contributed by atoms with Gasteiger partial charge >= 0.3 is 0 Å². The van der Waals surface area contributed by atoms with Crippen LogP contribution >= 0.6 is 0 Å². The Morgan fingerprint density at radius 1 is 1.19 bits per heavy atom. The number of benzene rings is 1. The van der Waals surface area contributed by atoms with Crippen molar-refractivity contribution in [2.24, 2.45) is 11.3 Å². The molecular formula is C18H28N2O5S. The molecule has 0 aromatic heterocycles. The predicted octanol–water partition coefficient (Wildman–Crippen LogP) is 3.58. The van der Waals surface area contributed by atoms with E-state index in [1.165, 1.54) is 6.07 Å². The minimum Gasteiger partial charge on any atom is -0.349 e.